The number of hydrogen-bond donors (Lipinski definition) is 5. The molecule has 4 unspecified atom stereocenters. The van der Waals surface area contributed by atoms with E-state index in [4.69, 9.17) is 56.3 Å². The Morgan fingerprint density at radius 1 is 0.377 bits per heavy atom. The fourth-order valence-corrected chi connectivity index (χ4v) is 9.68. The summed E-state index contributed by atoms with van der Waals surface area (Å²) in [6, 6.07) is 96.3. The van der Waals surface area contributed by atoms with Crippen LogP contribution in [0, 0.1) is 52.2 Å². The molecular formula is C85H71Ir3N10O8-3. The number of nitrogens with zero attached hydrogens (tertiary/aromatic N) is 10. The summed E-state index contributed by atoms with van der Waals surface area (Å²) in [5.41, 5.74) is 17.6. The first kappa shape index (κ1) is 85.7. The van der Waals surface area contributed by atoms with Gasteiger partial charge in [-0.25, -0.2) is 9.78 Å². The van der Waals surface area contributed by atoms with E-state index in [-0.39, 0.29) is 84.6 Å². The average Bonchev–Trinajstić information content (AvgIpc) is 0.809. The molecule has 0 aliphatic carbocycles. The number of carbonyl (C=O) groups is 1. The monoisotopic (exact) mass is 1940 g/mol. The van der Waals surface area contributed by atoms with Gasteiger partial charge in [-0.2, -0.15) is 15.8 Å². The summed E-state index contributed by atoms with van der Waals surface area (Å²) in [6.07, 6.45) is 4.66. The molecule has 0 amide bonds. The Hall–Kier alpha value is -11.0. The van der Waals surface area contributed by atoms with Crippen molar-refractivity contribution < 1.29 is 100 Å². The number of methoxy groups -OCH3 is 2. The van der Waals surface area contributed by atoms with E-state index in [1.807, 2.05) is 200 Å². The van der Waals surface area contributed by atoms with E-state index in [0.29, 0.717) is 23.1 Å². The number of rotatable bonds is 16. The normalized spacial score (nSPS) is 11.0. The van der Waals surface area contributed by atoms with Crippen LogP contribution in [0.25, 0.3) is 101 Å². The molecule has 0 aliphatic rings. The van der Waals surface area contributed by atoms with Gasteiger partial charge in [-0.1, -0.05) is 133 Å². The number of aliphatic hydroxyl groups excluding tert-OH is 4. The molecule has 13 aromatic rings. The standard InChI is InChI=1S/3C23H14N3.C6H5NO2.C5H12O4.C5H12O2.3Ir/c3*24-15-17-11-13-18(14-12-17)21-16-25-22(19-7-3-1-4-8-19)23(26-21)20-9-5-2-6-10-20;8-6(9)5-3-1-2-4-7-5;1-8-4(6)3-5(7)9-2;1-4(6)3-5(2)7;;;/h3*1-7,9-14,16H;1-4H,(H,8,9);4-7H,3H2,1-2H3;4-7H,3H2,1-2H3;;;/q3*-1;;;;;;. The molecule has 106 heavy (non-hydrogen) atoms. The summed E-state index contributed by atoms with van der Waals surface area (Å²) in [7, 11) is 2.71. The van der Waals surface area contributed by atoms with E-state index in [9.17, 15) is 4.79 Å². The summed E-state index contributed by atoms with van der Waals surface area (Å²) in [6.45, 7) is 3.32. The number of benzene rings is 9. The Bertz CT molecular complexity index is 4420. The van der Waals surface area contributed by atoms with Crippen molar-refractivity contribution in [3.05, 3.63) is 320 Å². The topological polar surface area (TPSA) is 298 Å². The van der Waals surface area contributed by atoms with Gasteiger partial charge in [0.25, 0.3) is 0 Å². The Morgan fingerprint density at radius 2 is 0.670 bits per heavy atom. The molecule has 0 spiro atoms. The van der Waals surface area contributed by atoms with Crippen LogP contribution in [0.15, 0.2) is 280 Å². The minimum absolute atomic E-state index is 0. The molecule has 539 valence electrons. The maximum absolute atomic E-state index is 10.1. The fraction of sp³-hybridized carbons (Fsp3) is 0.118. The first-order valence-electron chi connectivity index (χ1n) is 32.3. The second-order valence-electron chi connectivity index (χ2n) is 22.4. The van der Waals surface area contributed by atoms with E-state index in [1.165, 1.54) is 26.5 Å². The van der Waals surface area contributed by atoms with E-state index >= 15 is 0 Å². The molecule has 4 aromatic heterocycles. The number of carboxylic acid groups (broad SMARTS) is 1. The molecule has 18 nitrogen and oxygen atoms in total. The third kappa shape index (κ3) is 26.6. The quantitative estimate of drug-likeness (QED) is 0.0443. The summed E-state index contributed by atoms with van der Waals surface area (Å²) in [5, 5.41) is 69.8. The van der Waals surface area contributed by atoms with Gasteiger partial charge in [-0.05, 0) is 85.5 Å². The number of hydrogen-bond acceptors (Lipinski definition) is 17. The molecule has 0 bridgehead atoms. The van der Waals surface area contributed by atoms with Gasteiger partial charge in [0.05, 0.1) is 81.3 Å². The number of aliphatic hydroxyl groups is 4. The van der Waals surface area contributed by atoms with Crippen LogP contribution in [0.2, 0.25) is 0 Å². The third-order valence-corrected chi connectivity index (χ3v) is 14.8. The van der Waals surface area contributed by atoms with Gasteiger partial charge >= 0.3 is 5.97 Å². The average molecular weight is 1940 g/mol. The Kier molecular flexibility index (Phi) is 37.2. The molecule has 3 radical (unpaired) electrons. The van der Waals surface area contributed by atoms with E-state index in [0.717, 1.165) is 101 Å². The molecule has 0 fully saturated rings. The van der Waals surface area contributed by atoms with Crippen LogP contribution in [-0.2, 0) is 69.8 Å². The van der Waals surface area contributed by atoms with Crippen molar-refractivity contribution in [2.45, 2.75) is 51.5 Å². The summed E-state index contributed by atoms with van der Waals surface area (Å²) < 4.78 is 8.88. The van der Waals surface area contributed by atoms with Crippen molar-refractivity contribution in [2.75, 3.05) is 14.2 Å². The molecule has 0 saturated carbocycles. The number of aromatic carboxylic acids is 1. The molecule has 21 heteroatoms. The van der Waals surface area contributed by atoms with Crippen LogP contribution in [-0.4, -0.2) is 105 Å². The molecule has 5 N–H and O–H groups in total. The molecule has 9 aromatic carbocycles. The van der Waals surface area contributed by atoms with Crippen LogP contribution in [0.1, 0.15) is 53.9 Å². The van der Waals surface area contributed by atoms with Gasteiger partial charge in [0.15, 0.2) is 12.6 Å². The van der Waals surface area contributed by atoms with Crippen molar-refractivity contribution in [3.63, 3.8) is 0 Å². The van der Waals surface area contributed by atoms with Crippen molar-refractivity contribution in [3.8, 4) is 120 Å². The zero-order valence-electron chi connectivity index (χ0n) is 57.7. The van der Waals surface area contributed by atoms with Crippen LogP contribution >= 0.6 is 0 Å². The first-order valence-corrected chi connectivity index (χ1v) is 32.3. The van der Waals surface area contributed by atoms with Crippen molar-refractivity contribution >= 4 is 5.97 Å². The van der Waals surface area contributed by atoms with Crippen LogP contribution in [0.3, 0.4) is 0 Å². The minimum Gasteiger partial charge on any atom is -0.477 e. The summed E-state index contributed by atoms with van der Waals surface area (Å²) in [5.74, 6) is -0.990. The van der Waals surface area contributed by atoms with Gasteiger partial charge in [-0.3, -0.25) is 15.0 Å². The van der Waals surface area contributed by atoms with Crippen molar-refractivity contribution in [2.24, 2.45) is 0 Å². The largest absolute Gasteiger partial charge is 0.477 e. The number of carboxylic acids is 1. The Labute approximate surface area is 657 Å². The number of aromatic nitrogens is 7. The predicted molar refractivity (Wildman–Crippen MR) is 395 cm³/mol. The van der Waals surface area contributed by atoms with Gasteiger partial charge in [0.2, 0.25) is 0 Å². The van der Waals surface area contributed by atoms with Gasteiger partial charge < -0.3 is 50.0 Å². The summed E-state index contributed by atoms with van der Waals surface area (Å²) >= 11 is 0. The third-order valence-electron chi connectivity index (χ3n) is 14.8. The summed E-state index contributed by atoms with van der Waals surface area (Å²) in [4.78, 5) is 42.4. The second kappa shape index (κ2) is 46.0. The number of ether oxygens (including phenoxy) is 2. The smallest absolute Gasteiger partial charge is 0.354 e. The fourth-order valence-electron chi connectivity index (χ4n) is 9.68. The van der Waals surface area contributed by atoms with Crippen LogP contribution in [0.5, 0.6) is 0 Å². The molecular weight excluding hydrogens is 1870 g/mol. The number of nitriles is 3. The first-order chi connectivity index (χ1) is 50.2. The number of pyridine rings is 1. The molecule has 13 rings (SSSR count). The maximum Gasteiger partial charge on any atom is 0.354 e. The zero-order chi connectivity index (χ0) is 73.1. The van der Waals surface area contributed by atoms with Crippen molar-refractivity contribution in [1.82, 2.24) is 34.9 Å². The van der Waals surface area contributed by atoms with Gasteiger partial charge in [-0.15, -0.1) is 108 Å². The predicted octanol–water partition coefficient (Wildman–Crippen LogP) is 15.7. The van der Waals surface area contributed by atoms with E-state index in [2.05, 4.69) is 65.8 Å². The minimum atomic E-state index is -0.990. The Balaban J connectivity index is 0.000000243. The molecule has 0 saturated heterocycles. The van der Waals surface area contributed by atoms with Gasteiger partial charge in [0.1, 0.15) is 5.69 Å². The van der Waals surface area contributed by atoms with E-state index < -0.39 is 18.5 Å². The van der Waals surface area contributed by atoms with Crippen LogP contribution in [0.4, 0.5) is 0 Å². The van der Waals surface area contributed by atoms with Gasteiger partial charge in [0, 0.05) is 140 Å². The molecule has 4 atom stereocenters. The Morgan fingerprint density at radius 3 is 0.887 bits per heavy atom. The zero-order valence-corrected chi connectivity index (χ0v) is 64.9. The second-order valence-corrected chi connectivity index (χ2v) is 22.4. The molecule has 4 heterocycles. The van der Waals surface area contributed by atoms with Crippen LogP contribution < -0.4 is 0 Å². The maximum atomic E-state index is 10.1. The van der Waals surface area contributed by atoms with E-state index in [1.54, 1.807) is 81.0 Å². The SMILES string of the molecule is CC(O)CC(C)O.COC(O)CC(O)OC.N#Cc1ccc(-c2cnc(-c3[c-]cccc3)c(-c3ccccc3)n2)cc1.N#Cc1ccc(-c2cnc(-c3[c-]cccc3)c(-c3ccccc3)n2)cc1.N#Cc1ccc(-c2cnc(-c3[c-]cccc3)c(-c3ccccc3)n2)cc1.O=C(O)c1ccccn1.[Ir].[Ir].[Ir]. The van der Waals surface area contributed by atoms with Crippen molar-refractivity contribution in [1.29, 1.82) is 15.8 Å². The molecule has 0 aliphatic heterocycles.